The Labute approximate surface area is 148 Å². The number of β-amino-alcohol motifs (C(OH)–C–C–N with tert-alkyl or cyclic N) is 1. The molecule has 1 heterocycles. The second-order valence-electron chi connectivity index (χ2n) is 6.87. The maximum absolute atomic E-state index is 11.9. The maximum atomic E-state index is 11.9. The Kier molecular flexibility index (Phi) is 7.33. The van der Waals surface area contributed by atoms with Crippen molar-refractivity contribution in [3.05, 3.63) is 39.9 Å². The summed E-state index contributed by atoms with van der Waals surface area (Å²) >= 11 is 0. The fourth-order valence-corrected chi connectivity index (χ4v) is 3.01. The molecule has 2 N–H and O–H groups in total. The van der Waals surface area contributed by atoms with Gasteiger partial charge in [0, 0.05) is 31.6 Å². The lowest BCUT2D eigenvalue weighted by atomic mass is 9.99. The average molecular weight is 349 g/mol. The standard InChI is InChI=1S/C18H27N3O4/c1-14-7-9-20(10-8-14)13-17(22)12-19-18(23)6-5-15-3-2-4-16(11-15)21(24)25/h2-4,11,14,17,22H,5-10,12-13H2,1H3,(H,19,23). The van der Waals surface area contributed by atoms with Gasteiger partial charge in [-0.15, -0.1) is 0 Å². The zero-order valence-corrected chi connectivity index (χ0v) is 14.7. The Bertz CT molecular complexity index is 585. The number of carbonyl (C=O) groups is 1. The van der Waals surface area contributed by atoms with Gasteiger partial charge in [0.1, 0.15) is 0 Å². The van der Waals surface area contributed by atoms with Crippen LogP contribution in [0.4, 0.5) is 5.69 Å². The summed E-state index contributed by atoms with van der Waals surface area (Å²) in [6.45, 7) is 5.06. The zero-order chi connectivity index (χ0) is 18.2. The van der Waals surface area contributed by atoms with Gasteiger partial charge < -0.3 is 15.3 Å². The van der Waals surface area contributed by atoms with E-state index >= 15 is 0 Å². The number of hydrogen-bond acceptors (Lipinski definition) is 5. The number of carbonyl (C=O) groups excluding carboxylic acids is 1. The number of piperidine rings is 1. The first-order valence-corrected chi connectivity index (χ1v) is 8.84. The van der Waals surface area contributed by atoms with Crippen molar-refractivity contribution in [2.75, 3.05) is 26.2 Å². The minimum absolute atomic E-state index is 0.0316. The smallest absolute Gasteiger partial charge is 0.269 e. The molecule has 1 aromatic carbocycles. The minimum atomic E-state index is -0.574. The van der Waals surface area contributed by atoms with Gasteiger partial charge in [-0.25, -0.2) is 0 Å². The quantitative estimate of drug-likeness (QED) is 0.550. The molecule has 1 fully saturated rings. The summed E-state index contributed by atoms with van der Waals surface area (Å²) in [6, 6.07) is 6.31. The second-order valence-corrected chi connectivity index (χ2v) is 6.87. The van der Waals surface area contributed by atoms with E-state index in [2.05, 4.69) is 17.1 Å². The third-order valence-corrected chi connectivity index (χ3v) is 4.64. The molecule has 0 aliphatic carbocycles. The molecule has 0 bridgehead atoms. The van der Waals surface area contributed by atoms with Crippen molar-refractivity contribution in [1.82, 2.24) is 10.2 Å². The highest BCUT2D eigenvalue weighted by atomic mass is 16.6. The molecule has 138 valence electrons. The molecule has 7 nitrogen and oxygen atoms in total. The van der Waals surface area contributed by atoms with Crippen molar-refractivity contribution < 1.29 is 14.8 Å². The molecule has 1 unspecified atom stereocenters. The molecule has 0 aromatic heterocycles. The van der Waals surface area contributed by atoms with Gasteiger partial charge in [-0.1, -0.05) is 19.1 Å². The lowest BCUT2D eigenvalue weighted by Crippen LogP contribution is -2.43. The van der Waals surface area contributed by atoms with Crippen molar-refractivity contribution in [3.63, 3.8) is 0 Å². The summed E-state index contributed by atoms with van der Waals surface area (Å²) in [7, 11) is 0. The van der Waals surface area contributed by atoms with Crippen LogP contribution in [0.25, 0.3) is 0 Å². The van der Waals surface area contributed by atoms with Gasteiger partial charge in [-0.2, -0.15) is 0 Å². The second kappa shape index (κ2) is 9.48. The summed E-state index contributed by atoms with van der Waals surface area (Å²) < 4.78 is 0. The summed E-state index contributed by atoms with van der Waals surface area (Å²) in [5.74, 6) is 0.597. The fourth-order valence-electron chi connectivity index (χ4n) is 3.01. The molecule has 1 atom stereocenters. The predicted octanol–water partition coefficient (Wildman–Crippen LogP) is 1.74. The molecule has 1 aromatic rings. The first kappa shape index (κ1) is 19.3. The van der Waals surface area contributed by atoms with Crippen LogP contribution >= 0.6 is 0 Å². The number of benzene rings is 1. The van der Waals surface area contributed by atoms with Gasteiger partial charge in [0.15, 0.2) is 0 Å². The third kappa shape index (κ3) is 6.80. The number of aliphatic hydroxyl groups is 1. The van der Waals surface area contributed by atoms with E-state index in [1.165, 1.54) is 12.1 Å². The molecule has 1 aliphatic heterocycles. The first-order chi connectivity index (χ1) is 11.9. The van der Waals surface area contributed by atoms with Crippen molar-refractivity contribution in [2.45, 2.75) is 38.7 Å². The fraction of sp³-hybridized carbons (Fsp3) is 0.611. The first-order valence-electron chi connectivity index (χ1n) is 8.84. The summed E-state index contributed by atoms with van der Waals surface area (Å²) in [5.41, 5.74) is 0.788. The highest BCUT2D eigenvalue weighted by Gasteiger charge is 2.18. The van der Waals surface area contributed by atoms with Gasteiger partial charge in [-0.3, -0.25) is 14.9 Å². The normalized spacial score (nSPS) is 17.2. The van der Waals surface area contributed by atoms with Gasteiger partial charge in [0.05, 0.1) is 11.0 Å². The SMILES string of the molecule is CC1CCN(CC(O)CNC(=O)CCc2cccc([N+](=O)[O-])c2)CC1. The van der Waals surface area contributed by atoms with E-state index in [9.17, 15) is 20.0 Å². The highest BCUT2D eigenvalue weighted by Crippen LogP contribution is 2.16. The third-order valence-electron chi connectivity index (χ3n) is 4.64. The largest absolute Gasteiger partial charge is 0.390 e. The van der Waals surface area contributed by atoms with Crippen LogP contribution in [-0.4, -0.2) is 53.1 Å². The van der Waals surface area contributed by atoms with E-state index in [4.69, 9.17) is 0 Å². The topological polar surface area (TPSA) is 95.7 Å². The van der Waals surface area contributed by atoms with E-state index in [0.717, 1.165) is 37.4 Å². The molecule has 7 heteroatoms. The van der Waals surface area contributed by atoms with Crippen molar-refractivity contribution in [1.29, 1.82) is 0 Å². The summed E-state index contributed by atoms with van der Waals surface area (Å²) in [6.07, 6.45) is 2.42. The van der Waals surface area contributed by atoms with Crippen LogP contribution in [0.5, 0.6) is 0 Å². The monoisotopic (exact) mass is 349 g/mol. The molecule has 25 heavy (non-hydrogen) atoms. The van der Waals surface area contributed by atoms with E-state index in [0.29, 0.717) is 13.0 Å². The molecule has 0 radical (unpaired) electrons. The Morgan fingerprint density at radius 2 is 2.16 bits per heavy atom. The van der Waals surface area contributed by atoms with Crippen LogP contribution < -0.4 is 5.32 Å². The van der Waals surface area contributed by atoms with Crippen LogP contribution in [0.3, 0.4) is 0 Å². The van der Waals surface area contributed by atoms with Crippen LogP contribution in [0, 0.1) is 16.0 Å². The van der Waals surface area contributed by atoms with Gasteiger partial charge in [-0.05, 0) is 43.8 Å². The highest BCUT2D eigenvalue weighted by molar-refractivity contribution is 5.76. The Morgan fingerprint density at radius 1 is 1.44 bits per heavy atom. The maximum Gasteiger partial charge on any atom is 0.269 e. The Morgan fingerprint density at radius 3 is 2.84 bits per heavy atom. The van der Waals surface area contributed by atoms with Crippen LogP contribution in [0.2, 0.25) is 0 Å². The molecule has 0 saturated carbocycles. The number of aliphatic hydroxyl groups excluding tert-OH is 1. The Balaban J connectivity index is 1.66. The van der Waals surface area contributed by atoms with Crippen LogP contribution in [0.15, 0.2) is 24.3 Å². The van der Waals surface area contributed by atoms with Gasteiger partial charge in [0.25, 0.3) is 5.69 Å². The van der Waals surface area contributed by atoms with E-state index in [-0.39, 0.29) is 24.6 Å². The molecular weight excluding hydrogens is 322 g/mol. The molecule has 2 rings (SSSR count). The van der Waals surface area contributed by atoms with Crippen LogP contribution in [0.1, 0.15) is 31.7 Å². The molecule has 1 aliphatic rings. The number of nitro groups is 1. The molecule has 1 saturated heterocycles. The average Bonchev–Trinajstić information content (AvgIpc) is 2.60. The van der Waals surface area contributed by atoms with E-state index in [1.807, 2.05) is 0 Å². The van der Waals surface area contributed by atoms with E-state index < -0.39 is 11.0 Å². The summed E-state index contributed by atoms with van der Waals surface area (Å²) in [5, 5.41) is 23.6. The van der Waals surface area contributed by atoms with Crippen molar-refractivity contribution in [3.8, 4) is 0 Å². The molecule has 0 spiro atoms. The predicted molar refractivity (Wildman–Crippen MR) is 95.3 cm³/mol. The minimum Gasteiger partial charge on any atom is -0.390 e. The number of nitrogens with zero attached hydrogens (tertiary/aromatic N) is 2. The Hall–Kier alpha value is -1.99. The summed E-state index contributed by atoms with van der Waals surface area (Å²) in [4.78, 5) is 24.4. The van der Waals surface area contributed by atoms with E-state index in [1.54, 1.807) is 12.1 Å². The molecular formula is C18H27N3O4. The van der Waals surface area contributed by atoms with Crippen molar-refractivity contribution >= 4 is 11.6 Å². The number of likely N-dealkylation sites (tertiary alicyclic amines) is 1. The molecule has 1 amide bonds. The van der Waals surface area contributed by atoms with Gasteiger partial charge >= 0.3 is 0 Å². The number of nitro benzene ring substituents is 1. The number of aryl methyl sites for hydroxylation is 1. The van der Waals surface area contributed by atoms with Crippen LogP contribution in [-0.2, 0) is 11.2 Å². The van der Waals surface area contributed by atoms with Crippen molar-refractivity contribution in [2.24, 2.45) is 5.92 Å². The number of nitrogens with one attached hydrogen (secondary N) is 1. The van der Waals surface area contributed by atoms with Gasteiger partial charge in [0.2, 0.25) is 5.91 Å². The lowest BCUT2D eigenvalue weighted by Gasteiger charge is -2.31. The number of rotatable bonds is 8. The number of amides is 1. The number of hydrogen-bond donors (Lipinski definition) is 2. The number of non-ortho nitro benzene ring substituents is 1. The lowest BCUT2D eigenvalue weighted by molar-refractivity contribution is -0.384. The zero-order valence-electron chi connectivity index (χ0n) is 14.7.